The molecule has 138 valence electrons. The minimum Gasteiger partial charge on any atom is -0.388 e. The van der Waals surface area contributed by atoms with Crippen LogP contribution in [0.2, 0.25) is 0 Å². The van der Waals surface area contributed by atoms with Gasteiger partial charge in [-0.2, -0.15) is 0 Å². The highest BCUT2D eigenvalue weighted by Crippen LogP contribution is 2.17. The zero-order valence-electron chi connectivity index (χ0n) is 14.9. The topological polar surface area (TPSA) is 65.0 Å². The van der Waals surface area contributed by atoms with E-state index in [1.54, 1.807) is 0 Å². The van der Waals surface area contributed by atoms with E-state index in [-0.39, 0.29) is 18.1 Å². The molecule has 1 aromatic carbocycles. The SMILES string of the molecule is CN1CCN(C[C@@H]2OC[C@H](NC(=O)CCc3ccccc3)[C@H]2O)CC1. The Kier molecular flexibility index (Phi) is 6.42. The first kappa shape index (κ1) is 18.3. The first-order valence-electron chi connectivity index (χ1n) is 9.15. The summed E-state index contributed by atoms with van der Waals surface area (Å²) in [5.41, 5.74) is 1.15. The molecule has 0 unspecified atom stereocenters. The number of nitrogens with one attached hydrogen (secondary N) is 1. The van der Waals surface area contributed by atoms with Gasteiger partial charge in [-0.05, 0) is 19.0 Å². The van der Waals surface area contributed by atoms with E-state index in [4.69, 9.17) is 4.74 Å². The fourth-order valence-corrected chi connectivity index (χ4v) is 3.44. The van der Waals surface area contributed by atoms with E-state index in [9.17, 15) is 9.90 Å². The van der Waals surface area contributed by atoms with Crippen molar-refractivity contribution in [2.75, 3.05) is 46.4 Å². The molecule has 2 fully saturated rings. The smallest absolute Gasteiger partial charge is 0.220 e. The number of aliphatic hydroxyl groups excluding tert-OH is 1. The number of carbonyl (C=O) groups excluding carboxylic acids is 1. The molecule has 25 heavy (non-hydrogen) atoms. The average Bonchev–Trinajstić information content (AvgIpc) is 2.96. The molecule has 0 saturated carbocycles. The van der Waals surface area contributed by atoms with Gasteiger partial charge in [-0.25, -0.2) is 0 Å². The summed E-state index contributed by atoms with van der Waals surface area (Å²) in [7, 11) is 2.12. The number of nitrogens with zero attached hydrogens (tertiary/aromatic N) is 2. The summed E-state index contributed by atoms with van der Waals surface area (Å²) in [5, 5.41) is 13.4. The summed E-state index contributed by atoms with van der Waals surface area (Å²) >= 11 is 0. The number of ether oxygens (including phenoxy) is 1. The molecule has 0 bridgehead atoms. The Morgan fingerprint density at radius 2 is 1.96 bits per heavy atom. The van der Waals surface area contributed by atoms with Gasteiger partial charge < -0.3 is 20.1 Å². The predicted molar refractivity (Wildman–Crippen MR) is 96.4 cm³/mol. The van der Waals surface area contributed by atoms with Crippen molar-refractivity contribution in [2.45, 2.75) is 31.1 Å². The minimum atomic E-state index is -0.639. The molecular weight excluding hydrogens is 318 g/mol. The van der Waals surface area contributed by atoms with Crippen LogP contribution < -0.4 is 5.32 Å². The molecule has 0 radical (unpaired) electrons. The summed E-state index contributed by atoms with van der Waals surface area (Å²) in [6, 6.07) is 9.66. The van der Waals surface area contributed by atoms with Crippen molar-refractivity contribution in [1.29, 1.82) is 0 Å². The number of rotatable bonds is 6. The van der Waals surface area contributed by atoms with Gasteiger partial charge in [-0.3, -0.25) is 9.69 Å². The third kappa shape index (κ3) is 5.25. The lowest BCUT2D eigenvalue weighted by Gasteiger charge is -2.34. The van der Waals surface area contributed by atoms with Gasteiger partial charge in [0.15, 0.2) is 0 Å². The lowest BCUT2D eigenvalue weighted by Crippen LogP contribution is -2.50. The Labute approximate surface area is 149 Å². The quantitative estimate of drug-likeness (QED) is 0.765. The Balaban J connectivity index is 1.40. The molecule has 2 saturated heterocycles. The van der Waals surface area contributed by atoms with Crippen LogP contribution >= 0.6 is 0 Å². The van der Waals surface area contributed by atoms with Crippen molar-refractivity contribution in [3.8, 4) is 0 Å². The third-order valence-electron chi connectivity index (χ3n) is 5.15. The monoisotopic (exact) mass is 347 g/mol. The molecule has 0 spiro atoms. The third-order valence-corrected chi connectivity index (χ3v) is 5.15. The average molecular weight is 347 g/mol. The zero-order valence-corrected chi connectivity index (χ0v) is 14.9. The summed E-state index contributed by atoms with van der Waals surface area (Å²) in [4.78, 5) is 16.8. The summed E-state index contributed by atoms with van der Waals surface area (Å²) in [6.45, 7) is 5.20. The number of piperazine rings is 1. The van der Waals surface area contributed by atoms with Gasteiger partial charge in [0.05, 0.1) is 18.8 Å². The van der Waals surface area contributed by atoms with Crippen molar-refractivity contribution >= 4 is 5.91 Å². The molecular formula is C19H29N3O3. The maximum atomic E-state index is 12.2. The molecule has 0 aromatic heterocycles. The first-order valence-corrected chi connectivity index (χ1v) is 9.15. The second kappa shape index (κ2) is 8.76. The van der Waals surface area contributed by atoms with E-state index in [1.807, 2.05) is 30.3 Å². The van der Waals surface area contributed by atoms with Crippen LogP contribution in [0.4, 0.5) is 0 Å². The molecule has 6 nitrogen and oxygen atoms in total. The second-order valence-corrected chi connectivity index (χ2v) is 7.13. The molecule has 1 aromatic rings. The Bertz CT molecular complexity index is 546. The van der Waals surface area contributed by atoms with Crippen LogP contribution in [0, 0.1) is 0 Å². The largest absolute Gasteiger partial charge is 0.388 e. The highest BCUT2D eigenvalue weighted by Gasteiger charge is 2.37. The van der Waals surface area contributed by atoms with Crippen LogP contribution in [-0.2, 0) is 16.0 Å². The highest BCUT2D eigenvalue weighted by molar-refractivity contribution is 5.76. The molecule has 6 heteroatoms. The highest BCUT2D eigenvalue weighted by atomic mass is 16.5. The van der Waals surface area contributed by atoms with Gasteiger partial charge in [-0.1, -0.05) is 30.3 Å². The molecule has 0 aliphatic carbocycles. The lowest BCUT2D eigenvalue weighted by atomic mass is 10.1. The number of benzene rings is 1. The molecule has 3 atom stereocenters. The summed E-state index contributed by atoms with van der Waals surface area (Å²) < 4.78 is 5.75. The van der Waals surface area contributed by atoms with Crippen molar-refractivity contribution in [1.82, 2.24) is 15.1 Å². The van der Waals surface area contributed by atoms with Crippen molar-refractivity contribution in [3.63, 3.8) is 0 Å². The van der Waals surface area contributed by atoms with Crippen LogP contribution in [0.15, 0.2) is 30.3 Å². The number of aliphatic hydroxyl groups is 1. The minimum absolute atomic E-state index is 0.0308. The van der Waals surface area contributed by atoms with Gasteiger partial charge in [0.2, 0.25) is 5.91 Å². The van der Waals surface area contributed by atoms with E-state index in [0.29, 0.717) is 19.4 Å². The Morgan fingerprint density at radius 3 is 2.68 bits per heavy atom. The Hall–Kier alpha value is -1.47. The molecule has 2 aliphatic rings. The van der Waals surface area contributed by atoms with E-state index in [1.165, 1.54) is 0 Å². The fourth-order valence-electron chi connectivity index (χ4n) is 3.44. The van der Waals surface area contributed by atoms with Gasteiger partial charge >= 0.3 is 0 Å². The first-order chi connectivity index (χ1) is 12.1. The van der Waals surface area contributed by atoms with Crippen LogP contribution in [0.3, 0.4) is 0 Å². The molecule has 2 heterocycles. The van der Waals surface area contributed by atoms with E-state index in [0.717, 1.165) is 38.3 Å². The molecule has 2 N–H and O–H groups in total. The van der Waals surface area contributed by atoms with Crippen molar-refractivity contribution in [3.05, 3.63) is 35.9 Å². The maximum Gasteiger partial charge on any atom is 0.220 e. The van der Waals surface area contributed by atoms with Gasteiger partial charge in [0.1, 0.15) is 6.10 Å². The zero-order chi connectivity index (χ0) is 17.6. The predicted octanol–water partition coefficient (Wildman–Crippen LogP) is 0.111. The van der Waals surface area contributed by atoms with E-state index in [2.05, 4.69) is 22.2 Å². The Morgan fingerprint density at radius 1 is 1.24 bits per heavy atom. The number of likely N-dealkylation sites (N-methyl/N-ethyl adjacent to an activating group) is 1. The fraction of sp³-hybridized carbons (Fsp3) is 0.632. The van der Waals surface area contributed by atoms with Crippen LogP contribution in [0.25, 0.3) is 0 Å². The number of hydrogen-bond donors (Lipinski definition) is 2. The van der Waals surface area contributed by atoms with Crippen LogP contribution in [0.1, 0.15) is 12.0 Å². The van der Waals surface area contributed by atoms with Gasteiger partial charge in [0, 0.05) is 39.1 Å². The van der Waals surface area contributed by atoms with Crippen LogP contribution in [0.5, 0.6) is 0 Å². The lowest BCUT2D eigenvalue weighted by molar-refractivity contribution is -0.122. The summed E-state index contributed by atoms with van der Waals surface area (Å²) in [6.07, 6.45) is 0.278. The number of aryl methyl sites for hydroxylation is 1. The van der Waals surface area contributed by atoms with Crippen molar-refractivity contribution in [2.24, 2.45) is 0 Å². The standard InChI is InChI=1S/C19H29N3O3/c1-21-9-11-22(12-10-21)13-17-19(24)16(14-25-17)20-18(23)8-7-15-5-3-2-4-6-15/h2-6,16-17,19,24H,7-14H2,1H3,(H,20,23)/t16-,17-,19+/m0/s1. The number of hydrogen-bond acceptors (Lipinski definition) is 5. The molecule has 3 rings (SSSR count). The normalized spacial score (nSPS) is 28.2. The number of amides is 1. The molecule has 2 aliphatic heterocycles. The second-order valence-electron chi connectivity index (χ2n) is 7.13. The number of carbonyl (C=O) groups is 1. The van der Waals surface area contributed by atoms with Gasteiger partial charge in [-0.15, -0.1) is 0 Å². The van der Waals surface area contributed by atoms with Gasteiger partial charge in [0.25, 0.3) is 0 Å². The summed E-state index contributed by atoms with van der Waals surface area (Å²) in [5.74, 6) is -0.0308. The van der Waals surface area contributed by atoms with Crippen LogP contribution in [-0.4, -0.2) is 85.4 Å². The maximum absolute atomic E-state index is 12.2. The molecule has 1 amide bonds. The van der Waals surface area contributed by atoms with E-state index < -0.39 is 6.10 Å². The van der Waals surface area contributed by atoms with E-state index >= 15 is 0 Å². The van der Waals surface area contributed by atoms with Crippen molar-refractivity contribution < 1.29 is 14.6 Å².